The number of hydrogen-bond acceptors (Lipinski definition) is 4. The molecule has 2 aromatic rings. The lowest BCUT2D eigenvalue weighted by atomic mass is 9.97. The van der Waals surface area contributed by atoms with E-state index in [9.17, 15) is 19.6 Å². The van der Waals surface area contributed by atoms with Gasteiger partial charge in [0.25, 0.3) is 5.56 Å². The van der Waals surface area contributed by atoms with Crippen LogP contribution in [0.15, 0.2) is 39.9 Å². The van der Waals surface area contributed by atoms with E-state index in [1.54, 1.807) is 0 Å². The van der Waals surface area contributed by atoms with Gasteiger partial charge in [-0.1, -0.05) is 44.2 Å². The second-order valence-corrected chi connectivity index (χ2v) is 7.52. The molecule has 0 aliphatic carbocycles. The summed E-state index contributed by atoms with van der Waals surface area (Å²) in [5.74, 6) is -0.0693. The number of carbonyl (C=O) groups excluding carboxylic acids is 1. The largest absolute Gasteiger partial charge is 0.348 e. The Bertz CT molecular complexity index is 1030. The van der Waals surface area contributed by atoms with Gasteiger partial charge in [-0.05, 0) is 30.7 Å². The summed E-state index contributed by atoms with van der Waals surface area (Å²) in [4.78, 5) is 37.9. The minimum atomic E-state index is -0.684. The molecule has 7 heteroatoms. The molecule has 0 unspecified atom stereocenters. The maximum atomic E-state index is 12.7. The quantitative estimate of drug-likeness (QED) is 0.825. The molecule has 146 valence electrons. The van der Waals surface area contributed by atoms with E-state index in [0.29, 0.717) is 31.0 Å². The van der Waals surface area contributed by atoms with Crippen molar-refractivity contribution >= 4 is 5.91 Å². The van der Waals surface area contributed by atoms with Gasteiger partial charge in [0.2, 0.25) is 5.91 Å². The van der Waals surface area contributed by atoms with Gasteiger partial charge in [0, 0.05) is 12.2 Å². The van der Waals surface area contributed by atoms with Crippen molar-refractivity contribution in [1.29, 1.82) is 5.26 Å². The molecule has 1 aromatic carbocycles. The third-order valence-electron chi connectivity index (χ3n) is 4.99. The first-order chi connectivity index (χ1) is 13.4. The molecule has 1 amide bonds. The molecule has 3 rings (SSSR count). The first kappa shape index (κ1) is 19.6. The van der Waals surface area contributed by atoms with Crippen molar-refractivity contribution in [2.75, 3.05) is 0 Å². The Labute approximate surface area is 163 Å². The number of benzene rings is 1. The molecule has 0 radical (unpaired) electrons. The Morgan fingerprint density at radius 3 is 2.61 bits per heavy atom. The molecular formula is C21H24N4O3. The number of aromatic nitrogens is 2. The molecule has 1 atom stereocenters. The van der Waals surface area contributed by atoms with Crippen molar-refractivity contribution in [3.63, 3.8) is 0 Å². The van der Waals surface area contributed by atoms with E-state index in [4.69, 9.17) is 0 Å². The maximum Gasteiger partial charge on any atom is 0.331 e. The van der Waals surface area contributed by atoms with E-state index in [2.05, 4.69) is 19.2 Å². The van der Waals surface area contributed by atoms with Crippen LogP contribution in [0, 0.1) is 17.2 Å². The topological polar surface area (TPSA) is 96.9 Å². The van der Waals surface area contributed by atoms with Crippen molar-refractivity contribution in [2.24, 2.45) is 5.92 Å². The molecule has 0 spiro atoms. The lowest BCUT2D eigenvalue weighted by molar-refractivity contribution is -0.122. The highest BCUT2D eigenvalue weighted by Gasteiger charge is 2.24. The van der Waals surface area contributed by atoms with Gasteiger partial charge < -0.3 is 5.32 Å². The predicted octanol–water partition coefficient (Wildman–Crippen LogP) is 1.73. The van der Waals surface area contributed by atoms with E-state index >= 15 is 0 Å². The molecule has 7 nitrogen and oxygen atoms in total. The molecule has 0 saturated heterocycles. The SMILES string of the molecule is CC(C)C[C@H](NC(=O)Cn1c(=O)c(C#N)c2n(c1=O)CCC2)c1ccccc1. The van der Waals surface area contributed by atoms with Crippen LogP contribution in [-0.2, 0) is 24.3 Å². The summed E-state index contributed by atoms with van der Waals surface area (Å²) in [5.41, 5.74) is 0.214. The maximum absolute atomic E-state index is 12.7. The Morgan fingerprint density at radius 2 is 1.96 bits per heavy atom. The second kappa shape index (κ2) is 8.26. The number of rotatable bonds is 6. The molecule has 2 heterocycles. The fraction of sp³-hybridized carbons (Fsp3) is 0.429. The number of nitrogens with one attached hydrogen (secondary N) is 1. The number of nitriles is 1. The average Bonchev–Trinajstić information content (AvgIpc) is 3.15. The Hall–Kier alpha value is -3.14. The van der Waals surface area contributed by atoms with Gasteiger partial charge in [-0.3, -0.25) is 14.2 Å². The Balaban J connectivity index is 1.88. The van der Waals surface area contributed by atoms with Crippen molar-refractivity contribution in [3.8, 4) is 6.07 Å². The van der Waals surface area contributed by atoms with Gasteiger partial charge in [0.05, 0.1) is 6.04 Å². The zero-order valence-electron chi connectivity index (χ0n) is 16.1. The van der Waals surface area contributed by atoms with E-state index in [1.807, 2.05) is 36.4 Å². The van der Waals surface area contributed by atoms with Crippen LogP contribution in [0.3, 0.4) is 0 Å². The van der Waals surface area contributed by atoms with E-state index in [1.165, 1.54) is 4.57 Å². The summed E-state index contributed by atoms with van der Waals surface area (Å²) in [6, 6.07) is 11.3. The van der Waals surface area contributed by atoms with Crippen LogP contribution >= 0.6 is 0 Å². The molecule has 28 heavy (non-hydrogen) atoms. The molecule has 0 saturated carbocycles. The fourth-order valence-corrected chi connectivity index (χ4v) is 3.71. The summed E-state index contributed by atoms with van der Waals surface area (Å²) in [7, 11) is 0. The first-order valence-electron chi connectivity index (χ1n) is 9.53. The standard InChI is InChI=1S/C21H24N4O3/c1-14(2)11-17(15-7-4-3-5-8-15)23-19(26)13-25-20(27)16(12-22)18-9-6-10-24(18)21(25)28/h3-5,7-8,14,17H,6,9-11,13H2,1-2H3,(H,23,26)/t17-/m0/s1. The van der Waals surface area contributed by atoms with Gasteiger partial charge >= 0.3 is 5.69 Å². The van der Waals surface area contributed by atoms with Crippen LogP contribution in [0.2, 0.25) is 0 Å². The van der Waals surface area contributed by atoms with Crippen LogP contribution in [0.5, 0.6) is 0 Å². The smallest absolute Gasteiger partial charge is 0.331 e. The highest BCUT2D eigenvalue weighted by Crippen LogP contribution is 2.21. The van der Waals surface area contributed by atoms with E-state index < -0.39 is 23.7 Å². The summed E-state index contributed by atoms with van der Waals surface area (Å²) in [5, 5.41) is 12.3. The molecule has 1 aromatic heterocycles. The van der Waals surface area contributed by atoms with Crippen molar-refractivity contribution in [3.05, 3.63) is 68.0 Å². The molecule has 0 fully saturated rings. The number of carbonyl (C=O) groups is 1. The van der Waals surface area contributed by atoms with E-state index in [0.717, 1.165) is 16.6 Å². The fourth-order valence-electron chi connectivity index (χ4n) is 3.71. The summed E-state index contributed by atoms with van der Waals surface area (Å²) < 4.78 is 2.32. The molecule has 1 N–H and O–H groups in total. The van der Waals surface area contributed by atoms with Crippen LogP contribution in [0.4, 0.5) is 0 Å². The molecule has 0 bridgehead atoms. The van der Waals surface area contributed by atoms with Crippen LogP contribution < -0.4 is 16.6 Å². The number of hydrogen-bond donors (Lipinski definition) is 1. The Kier molecular flexibility index (Phi) is 5.78. The van der Waals surface area contributed by atoms with Gasteiger partial charge in [-0.25, -0.2) is 9.36 Å². The first-order valence-corrected chi connectivity index (χ1v) is 9.53. The van der Waals surface area contributed by atoms with Crippen LogP contribution in [0.25, 0.3) is 0 Å². The van der Waals surface area contributed by atoms with Crippen molar-refractivity contribution in [1.82, 2.24) is 14.5 Å². The minimum absolute atomic E-state index is 0.0355. The monoisotopic (exact) mass is 380 g/mol. The summed E-state index contributed by atoms with van der Waals surface area (Å²) in [6.45, 7) is 4.20. The zero-order valence-corrected chi connectivity index (χ0v) is 16.1. The number of amides is 1. The van der Waals surface area contributed by atoms with Gasteiger partial charge in [0.15, 0.2) is 0 Å². The van der Waals surface area contributed by atoms with Crippen LogP contribution in [-0.4, -0.2) is 15.0 Å². The predicted molar refractivity (Wildman–Crippen MR) is 105 cm³/mol. The Morgan fingerprint density at radius 1 is 1.25 bits per heavy atom. The molecule has 1 aliphatic rings. The molecule has 1 aliphatic heterocycles. The lowest BCUT2D eigenvalue weighted by Gasteiger charge is -2.21. The molecular weight excluding hydrogens is 356 g/mol. The van der Waals surface area contributed by atoms with Gasteiger partial charge in [-0.15, -0.1) is 0 Å². The van der Waals surface area contributed by atoms with Crippen molar-refractivity contribution in [2.45, 2.75) is 52.2 Å². The second-order valence-electron chi connectivity index (χ2n) is 7.52. The zero-order chi connectivity index (χ0) is 20.3. The lowest BCUT2D eigenvalue weighted by Crippen LogP contribution is -2.45. The minimum Gasteiger partial charge on any atom is -0.348 e. The highest BCUT2D eigenvalue weighted by molar-refractivity contribution is 5.76. The highest BCUT2D eigenvalue weighted by atomic mass is 16.2. The van der Waals surface area contributed by atoms with Crippen molar-refractivity contribution < 1.29 is 4.79 Å². The number of nitrogens with zero attached hydrogens (tertiary/aromatic N) is 3. The normalized spacial score (nSPS) is 13.8. The van der Waals surface area contributed by atoms with Gasteiger partial charge in [0.1, 0.15) is 18.2 Å². The third-order valence-corrected chi connectivity index (χ3v) is 4.99. The summed E-state index contributed by atoms with van der Waals surface area (Å²) in [6.07, 6.45) is 1.98. The van der Waals surface area contributed by atoms with Gasteiger partial charge in [-0.2, -0.15) is 5.26 Å². The summed E-state index contributed by atoms with van der Waals surface area (Å²) >= 11 is 0. The van der Waals surface area contributed by atoms with E-state index in [-0.39, 0.29) is 11.6 Å². The third kappa shape index (κ3) is 3.91. The average molecular weight is 380 g/mol. The van der Waals surface area contributed by atoms with Crippen LogP contribution in [0.1, 0.15) is 49.6 Å². The number of fused-ring (bicyclic) bond motifs is 1.